The average molecular weight is 393 g/mol. The predicted octanol–water partition coefficient (Wildman–Crippen LogP) is 1.49. The van der Waals surface area contributed by atoms with E-state index in [2.05, 4.69) is 12.2 Å². The van der Waals surface area contributed by atoms with Crippen molar-refractivity contribution in [3.63, 3.8) is 0 Å². The molecular weight excluding hydrogens is 362 g/mol. The monoisotopic (exact) mass is 393 g/mol. The summed E-state index contributed by atoms with van der Waals surface area (Å²) in [6, 6.07) is -0.420. The SMILES string of the molecule is CCC1CCC2(CC1)NC(=O)N(CC(=O)N1CCC(C3OCCO3)CC1)C2=O. The van der Waals surface area contributed by atoms with E-state index in [1.54, 1.807) is 4.90 Å². The molecule has 4 rings (SSSR count). The summed E-state index contributed by atoms with van der Waals surface area (Å²) in [7, 11) is 0. The number of rotatable bonds is 4. The summed E-state index contributed by atoms with van der Waals surface area (Å²) in [4.78, 5) is 41.0. The van der Waals surface area contributed by atoms with Gasteiger partial charge in [-0.05, 0) is 44.4 Å². The molecule has 3 aliphatic heterocycles. The van der Waals surface area contributed by atoms with Gasteiger partial charge in [-0.25, -0.2) is 4.79 Å². The van der Waals surface area contributed by atoms with Crippen LogP contribution in [-0.2, 0) is 19.1 Å². The van der Waals surface area contributed by atoms with Crippen LogP contribution < -0.4 is 5.32 Å². The minimum atomic E-state index is -0.785. The van der Waals surface area contributed by atoms with Crippen LogP contribution in [0.3, 0.4) is 0 Å². The molecule has 4 aliphatic rings. The van der Waals surface area contributed by atoms with Gasteiger partial charge in [0.15, 0.2) is 6.29 Å². The predicted molar refractivity (Wildman–Crippen MR) is 100 cm³/mol. The Labute approximate surface area is 165 Å². The summed E-state index contributed by atoms with van der Waals surface area (Å²) in [6.07, 6.45) is 5.83. The third-order valence-electron chi connectivity index (χ3n) is 7.00. The van der Waals surface area contributed by atoms with Crippen LogP contribution in [-0.4, -0.2) is 72.3 Å². The van der Waals surface area contributed by atoms with Gasteiger partial charge in [0.2, 0.25) is 5.91 Å². The lowest BCUT2D eigenvalue weighted by Gasteiger charge is -2.35. The quantitative estimate of drug-likeness (QED) is 0.731. The molecule has 0 bridgehead atoms. The normalized spacial score (nSPS) is 32.4. The molecule has 1 N–H and O–H groups in total. The Hall–Kier alpha value is -1.67. The Morgan fingerprint density at radius 1 is 1.11 bits per heavy atom. The van der Waals surface area contributed by atoms with Gasteiger partial charge in [-0.2, -0.15) is 0 Å². The summed E-state index contributed by atoms with van der Waals surface area (Å²) >= 11 is 0. The van der Waals surface area contributed by atoms with Gasteiger partial charge in [0.25, 0.3) is 5.91 Å². The largest absolute Gasteiger partial charge is 0.350 e. The lowest BCUT2D eigenvalue weighted by atomic mass is 9.75. The molecule has 3 heterocycles. The van der Waals surface area contributed by atoms with Gasteiger partial charge >= 0.3 is 6.03 Å². The first-order valence-corrected chi connectivity index (χ1v) is 10.7. The maximum atomic E-state index is 13.0. The summed E-state index contributed by atoms with van der Waals surface area (Å²) in [5.41, 5.74) is -0.785. The first kappa shape index (κ1) is 19.6. The second-order valence-electron chi connectivity index (χ2n) is 8.58. The van der Waals surface area contributed by atoms with Gasteiger partial charge < -0.3 is 19.7 Å². The molecule has 4 amide bonds. The lowest BCUT2D eigenvalue weighted by molar-refractivity contribution is -0.142. The molecule has 156 valence electrons. The van der Waals surface area contributed by atoms with Gasteiger partial charge in [-0.3, -0.25) is 14.5 Å². The highest BCUT2D eigenvalue weighted by Crippen LogP contribution is 2.37. The van der Waals surface area contributed by atoms with Crippen molar-refractivity contribution in [2.24, 2.45) is 11.8 Å². The Balaban J connectivity index is 1.31. The van der Waals surface area contributed by atoms with E-state index >= 15 is 0 Å². The Bertz CT molecular complexity index is 617. The smallest absolute Gasteiger partial charge is 0.325 e. The van der Waals surface area contributed by atoms with E-state index in [1.165, 1.54) is 0 Å². The summed E-state index contributed by atoms with van der Waals surface area (Å²) in [5, 5.41) is 2.90. The van der Waals surface area contributed by atoms with Crippen LogP contribution >= 0.6 is 0 Å². The number of imide groups is 1. The van der Waals surface area contributed by atoms with E-state index in [-0.39, 0.29) is 24.6 Å². The van der Waals surface area contributed by atoms with Gasteiger partial charge in [-0.1, -0.05) is 13.3 Å². The Morgan fingerprint density at radius 2 is 1.75 bits per heavy atom. The van der Waals surface area contributed by atoms with Crippen molar-refractivity contribution >= 4 is 17.8 Å². The number of nitrogens with zero attached hydrogens (tertiary/aromatic N) is 2. The molecule has 1 spiro atoms. The molecule has 0 radical (unpaired) electrons. The van der Waals surface area contributed by atoms with Crippen molar-refractivity contribution in [2.45, 2.75) is 63.7 Å². The van der Waals surface area contributed by atoms with E-state index in [1.807, 2.05) is 0 Å². The standard InChI is InChI=1S/C20H31N3O5/c1-2-14-3-7-20(8-4-14)18(25)23(19(26)21-20)13-16(24)22-9-5-15(6-10-22)17-27-11-12-28-17/h14-15,17H,2-13H2,1H3,(H,21,26). The fraction of sp³-hybridized carbons (Fsp3) is 0.850. The molecule has 0 aromatic rings. The molecule has 1 aliphatic carbocycles. The molecule has 1 saturated carbocycles. The van der Waals surface area contributed by atoms with Gasteiger partial charge in [0.05, 0.1) is 13.2 Å². The average Bonchev–Trinajstić information content (AvgIpc) is 3.33. The summed E-state index contributed by atoms with van der Waals surface area (Å²) in [6.45, 7) is 4.49. The summed E-state index contributed by atoms with van der Waals surface area (Å²) in [5.74, 6) is 0.554. The van der Waals surface area contributed by atoms with Crippen LogP contribution in [0.4, 0.5) is 4.79 Å². The van der Waals surface area contributed by atoms with Crippen LogP contribution in [0.15, 0.2) is 0 Å². The van der Waals surface area contributed by atoms with E-state index in [0.717, 1.165) is 37.0 Å². The van der Waals surface area contributed by atoms with Crippen LogP contribution in [0.25, 0.3) is 0 Å². The van der Waals surface area contributed by atoms with E-state index in [9.17, 15) is 14.4 Å². The molecule has 0 aromatic heterocycles. The van der Waals surface area contributed by atoms with E-state index in [4.69, 9.17) is 9.47 Å². The molecule has 0 aromatic carbocycles. The zero-order chi connectivity index (χ0) is 19.7. The Morgan fingerprint density at radius 3 is 2.36 bits per heavy atom. The molecule has 4 fully saturated rings. The van der Waals surface area contributed by atoms with Gasteiger partial charge in [-0.15, -0.1) is 0 Å². The second kappa shape index (κ2) is 7.99. The summed E-state index contributed by atoms with van der Waals surface area (Å²) < 4.78 is 11.1. The molecular formula is C20H31N3O5. The number of amides is 4. The number of piperidine rings is 1. The third kappa shape index (κ3) is 3.64. The molecule has 28 heavy (non-hydrogen) atoms. The number of hydrogen-bond acceptors (Lipinski definition) is 5. The maximum Gasteiger partial charge on any atom is 0.325 e. The number of urea groups is 1. The van der Waals surface area contributed by atoms with Gasteiger partial charge in [0.1, 0.15) is 12.1 Å². The van der Waals surface area contributed by atoms with Crippen molar-refractivity contribution in [3.05, 3.63) is 0 Å². The third-order valence-corrected chi connectivity index (χ3v) is 7.00. The lowest BCUT2D eigenvalue weighted by Crippen LogP contribution is -2.50. The van der Waals surface area contributed by atoms with Crippen molar-refractivity contribution < 1.29 is 23.9 Å². The van der Waals surface area contributed by atoms with E-state index < -0.39 is 11.6 Å². The van der Waals surface area contributed by atoms with Gasteiger partial charge in [0, 0.05) is 19.0 Å². The van der Waals surface area contributed by atoms with Crippen molar-refractivity contribution in [1.82, 2.24) is 15.1 Å². The number of carbonyl (C=O) groups is 3. The number of nitrogens with one attached hydrogen (secondary N) is 1. The van der Waals surface area contributed by atoms with Crippen LogP contribution in [0, 0.1) is 11.8 Å². The highest BCUT2D eigenvalue weighted by Gasteiger charge is 2.52. The number of hydrogen-bond donors (Lipinski definition) is 1. The minimum Gasteiger partial charge on any atom is -0.350 e. The number of ether oxygens (including phenoxy) is 2. The van der Waals surface area contributed by atoms with Crippen molar-refractivity contribution in [3.8, 4) is 0 Å². The minimum absolute atomic E-state index is 0.152. The first-order chi connectivity index (χ1) is 13.5. The fourth-order valence-corrected chi connectivity index (χ4v) is 5.04. The first-order valence-electron chi connectivity index (χ1n) is 10.7. The second-order valence-corrected chi connectivity index (χ2v) is 8.58. The van der Waals surface area contributed by atoms with Crippen LogP contribution in [0.1, 0.15) is 51.9 Å². The van der Waals surface area contributed by atoms with Crippen molar-refractivity contribution in [2.75, 3.05) is 32.8 Å². The molecule has 0 atom stereocenters. The zero-order valence-corrected chi connectivity index (χ0v) is 16.7. The fourth-order valence-electron chi connectivity index (χ4n) is 5.04. The Kier molecular flexibility index (Phi) is 5.60. The van der Waals surface area contributed by atoms with E-state index in [0.29, 0.717) is 51.0 Å². The molecule has 8 nitrogen and oxygen atoms in total. The highest BCUT2D eigenvalue weighted by atomic mass is 16.7. The number of likely N-dealkylation sites (tertiary alicyclic amines) is 1. The molecule has 8 heteroatoms. The molecule has 0 unspecified atom stereocenters. The van der Waals surface area contributed by atoms with Crippen LogP contribution in [0.5, 0.6) is 0 Å². The molecule has 3 saturated heterocycles. The topological polar surface area (TPSA) is 88.2 Å². The zero-order valence-electron chi connectivity index (χ0n) is 16.7. The maximum absolute atomic E-state index is 13.0. The van der Waals surface area contributed by atoms with Crippen LogP contribution in [0.2, 0.25) is 0 Å². The van der Waals surface area contributed by atoms with Crippen molar-refractivity contribution in [1.29, 1.82) is 0 Å². The number of carbonyl (C=O) groups excluding carboxylic acids is 3. The highest BCUT2D eigenvalue weighted by molar-refractivity contribution is 6.09.